The van der Waals surface area contributed by atoms with Crippen LogP contribution in [0.2, 0.25) is 5.02 Å². The van der Waals surface area contributed by atoms with Crippen molar-refractivity contribution in [3.63, 3.8) is 0 Å². The van der Waals surface area contributed by atoms with Crippen LogP contribution in [-0.2, 0) is 12.0 Å². The van der Waals surface area contributed by atoms with Crippen LogP contribution in [-0.4, -0.2) is 32.4 Å². The van der Waals surface area contributed by atoms with Crippen molar-refractivity contribution >= 4 is 29.1 Å². The normalized spacial score (nSPS) is 12.3. The largest absolute Gasteiger partial charge is 0.494 e. The third kappa shape index (κ3) is 6.77. The molecule has 0 aliphatic rings. The van der Waals surface area contributed by atoms with Gasteiger partial charge in [0.25, 0.3) is 0 Å². The lowest BCUT2D eigenvalue weighted by atomic mass is 9.86. The first-order valence-corrected chi connectivity index (χ1v) is 13.8. The quantitative estimate of drug-likeness (QED) is 0.150. The highest BCUT2D eigenvalue weighted by molar-refractivity contribution is 8.00. The molecule has 198 valence electrons. The van der Waals surface area contributed by atoms with Gasteiger partial charge < -0.3 is 9.47 Å². The molecular formula is C30H32ClN3O3S. The molecule has 0 aliphatic carbocycles. The highest BCUT2D eigenvalue weighted by Crippen LogP contribution is 2.30. The van der Waals surface area contributed by atoms with Gasteiger partial charge in [-0.1, -0.05) is 68.4 Å². The molecule has 4 rings (SSSR count). The van der Waals surface area contributed by atoms with Crippen molar-refractivity contribution in [3.8, 4) is 17.2 Å². The van der Waals surface area contributed by atoms with Crippen molar-refractivity contribution in [1.82, 2.24) is 14.8 Å². The van der Waals surface area contributed by atoms with Crippen molar-refractivity contribution in [2.75, 3.05) is 6.61 Å². The van der Waals surface area contributed by atoms with Crippen LogP contribution in [0.25, 0.3) is 5.69 Å². The monoisotopic (exact) mass is 549 g/mol. The van der Waals surface area contributed by atoms with E-state index in [-0.39, 0.29) is 23.1 Å². The van der Waals surface area contributed by atoms with Crippen LogP contribution < -0.4 is 9.47 Å². The summed E-state index contributed by atoms with van der Waals surface area (Å²) in [5.41, 5.74) is 2.73. The minimum atomic E-state index is -0.370. The van der Waals surface area contributed by atoms with Gasteiger partial charge in [0.2, 0.25) is 0 Å². The minimum Gasteiger partial charge on any atom is -0.494 e. The summed E-state index contributed by atoms with van der Waals surface area (Å²) in [6, 6.07) is 22.7. The Balaban J connectivity index is 1.55. The van der Waals surface area contributed by atoms with Gasteiger partial charge in [-0.25, -0.2) is 0 Å². The Labute approximate surface area is 233 Å². The van der Waals surface area contributed by atoms with Gasteiger partial charge in [-0.2, -0.15) is 0 Å². The topological polar surface area (TPSA) is 66.2 Å². The molecule has 3 aromatic carbocycles. The predicted molar refractivity (Wildman–Crippen MR) is 153 cm³/mol. The Morgan fingerprint density at radius 2 is 1.53 bits per heavy atom. The Kier molecular flexibility index (Phi) is 8.80. The van der Waals surface area contributed by atoms with E-state index in [4.69, 9.17) is 21.1 Å². The maximum atomic E-state index is 13.3. The third-order valence-corrected chi connectivity index (χ3v) is 7.27. The second-order valence-electron chi connectivity index (χ2n) is 9.86. The Hall–Kier alpha value is -3.29. The van der Waals surface area contributed by atoms with Crippen LogP contribution >= 0.6 is 23.4 Å². The highest BCUT2D eigenvalue weighted by Gasteiger charge is 2.23. The average Bonchev–Trinajstić information content (AvgIpc) is 3.30. The second kappa shape index (κ2) is 12.0. The van der Waals surface area contributed by atoms with E-state index in [9.17, 15) is 4.79 Å². The molecule has 0 amide bonds. The molecule has 0 saturated heterocycles. The van der Waals surface area contributed by atoms with Gasteiger partial charge in [-0.15, -0.1) is 10.2 Å². The number of nitrogens with zero attached hydrogens (tertiary/aromatic N) is 3. The van der Waals surface area contributed by atoms with Crippen LogP contribution in [0.15, 0.2) is 78.0 Å². The number of hydrogen-bond acceptors (Lipinski definition) is 6. The first-order chi connectivity index (χ1) is 18.2. The van der Waals surface area contributed by atoms with Gasteiger partial charge >= 0.3 is 0 Å². The minimum absolute atomic E-state index is 0.0285. The number of halogens is 1. The van der Waals surface area contributed by atoms with Crippen LogP contribution in [0.1, 0.15) is 56.4 Å². The molecule has 0 saturated carbocycles. The van der Waals surface area contributed by atoms with Gasteiger partial charge in [0.15, 0.2) is 16.8 Å². The van der Waals surface area contributed by atoms with Crippen molar-refractivity contribution in [3.05, 3.63) is 94.8 Å². The summed E-state index contributed by atoms with van der Waals surface area (Å²) in [6.07, 6.45) is 0. The molecule has 0 unspecified atom stereocenters. The second-order valence-corrected chi connectivity index (χ2v) is 11.6. The lowest BCUT2D eigenvalue weighted by Gasteiger charge is -2.19. The predicted octanol–water partition coefficient (Wildman–Crippen LogP) is 7.56. The Bertz CT molecular complexity index is 1360. The van der Waals surface area contributed by atoms with Crippen molar-refractivity contribution in [2.24, 2.45) is 0 Å². The lowest BCUT2D eigenvalue weighted by molar-refractivity contribution is 0.0993. The summed E-state index contributed by atoms with van der Waals surface area (Å²) in [5, 5.41) is 9.68. The molecule has 1 heterocycles. The van der Waals surface area contributed by atoms with Crippen LogP contribution in [0.4, 0.5) is 0 Å². The number of hydrogen-bond donors (Lipinski definition) is 0. The van der Waals surface area contributed by atoms with E-state index < -0.39 is 0 Å². The number of carbonyl (C=O) groups is 1. The van der Waals surface area contributed by atoms with Crippen LogP contribution in [0.3, 0.4) is 0 Å². The molecular weight excluding hydrogens is 518 g/mol. The highest BCUT2D eigenvalue weighted by atomic mass is 35.5. The molecule has 1 aromatic heterocycles. The molecule has 4 aromatic rings. The molecule has 6 nitrogen and oxygen atoms in total. The zero-order valence-electron chi connectivity index (χ0n) is 22.3. The zero-order chi connectivity index (χ0) is 27.3. The molecule has 0 radical (unpaired) electrons. The summed E-state index contributed by atoms with van der Waals surface area (Å²) in [4.78, 5) is 13.3. The first-order valence-electron chi connectivity index (χ1n) is 12.5. The van der Waals surface area contributed by atoms with E-state index in [1.807, 2.05) is 91.2 Å². The molecule has 0 bridgehead atoms. The van der Waals surface area contributed by atoms with E-state index in [1.165, 1.54) is 17.3 Å². The Morgan fingerprint density at radius 3 is 2.11 bits per heavy atom. The molecule has 0 aliphatic heterocycles. The molecule has 0 N–H and O–H groups in total. The fourth-order valence-corrected chi connectivity index (χ4v) is 4.94. The number of ketones is 1. The number of carbonyl (C=O) groups excluding carboxylic acids is 1. The fourth-order valence-electron chi connectivity index (χ4n) is 3.85. The average molecular weight is 550 g/mol. The number of Topliss-reactive ketones (excluding diaryl/α,β-unsaturated/α-hetero) is 1. The molecule has 1 atom stereocenters. The first kappa shape index (κ1) is 27.7. The summed E-state index contributed by atoms with van der Waals surface area (Å²) in [5.74, 6) is 2.12. The fraction of sp³-hybridized carbons (Fsp3) is 0.300. The maximum Gasteiger partial charge on any atom is 0.196 e. The van der Waals surface area contributed by atoms with Crippen LogP contribution in [0.5, 0.6) is 11.5 Å². The Morgan fingerprint density at radius 1 is 0.921 bits per heavy atom. The van der Waals surface area contributed by atoms with Gasteiger partial charge in [-0.3, -0.25) is 9.36 Å². The summed E-state index contributed by atoms with van der Waals surface area (Å²) < 4.78 is 13.4. The van der Waals surface area contributed by atoms with Gasteiger partial charge in [-0.05, 0) is 73.4 Å². The van der Waals surface area contributed by atoms with E-state index in [2.05, 4.69) is 31.0 Å². The number of ether oxygens (including phenoxy) is 2. The van der Waals surface area contributed by atoms with Gasteiger partial charge in [0.1, 0.15) is 18.1 Å². The van der Waals surface area contributed by atoms with Gasteiger partial charge in [0, 0.05) is 16.3 Å². The lowest BCUT2D eigenvalue weighted by Crippen LogP contribution is -2.16. The van der Waals surface area contributed by atoms with E-state index >= 15 is 0 Å². The van der Waals surface area contributed by atoms with Crippen molar-refractivity contribution < 1.29 is 14.3 Å². The smallest absolute Gasteiger partial charge is 0.196 e. The SMILES string of the molecule is CCOc1ccc(OCc2nnc(S[C@H](C)C(=O)c3ccc(C(C)(C)C)cc3)n2-c2ccc(Cl)cc2)cc1. The summed E-state index contributed by atoms with van der Waals surface area (Å²) in [7, 11) is 0. The third-order valence-electron chi connectivity index (χ3n) is 5.97. The molecule has 0 fully saturated rings. The standard InChI is InChI=1S/C30H32ClN3O3S/c1-6-36-25-15-17-26(18-16-25)37-19-27-32-33-29(34(27)24-13-11-23(31)12-14-24)38-20(2)28(35)21-7-9-22(10-8-21)30(3,4)5/h7-18,20H,6,19H2,1-5H3/t20-/m1/s1. The summed E-state index contributed by atoms with van der Waals surface area (Å²) in [6.45, 7) is 11.1. The van der Waals surface area contributed by atoms with E-state index in [0.29, 0.717) is 33.9 Å². The molecule has 38 heavy (non-hydrogen) atoms. The number of aromatic nitrogens is 3. The zero-order valence-corrected chi connectivity index (χ0v) is 23.8. The van der Waals surface area contributed by atoms with Gasteiger partial charge in [0.05, 0.1) is 11.9 Å². The molecule has 8 heteroatoms. The van der Waals surface area contributed by atoms with E-state index in [0.717, 1.165) is 11.4 Å². The number of rotatable bonds is 10. The molecule has 0 spiro atoms. The summed E-state index contributed by atoms with van der Waals surface area (Å²) >= 11 is 7.50. The number of thioether (sulfide) groups is 1. The van der Waals surface area contributed by atoms with Crippen molar-refractivity contribution in [1.29, 1.82) is 0 Å². The van der Waals surface area contributed by atoms with E-state index in [1.54, 1.807) is 0 Å². The number of benzene rings is 3. The van der Waals surface area contributed by atoms with Crippen molar-refractivity contribution in [2.45, 2.75) is 57.0 Å². The van der Waals surface area contributed by atoms with Crippen LogP contribution in [0, 0.1) is 0 Å². The maximum absolute atomic E-state index is 13.3.